The summed E-state index contributed by atoms with van der Waals surface area (Å²) in [6.45, 7) is 4.03. The SMILES string of the molecule is COc1ccc(C(=O)Oc2ccc(Br)cc2C=NNC(=O)COc2ccc(C(C)C)cc2)cc1. The lowest BCUT2D eigenvalue weighted by atomic mass is 10.0. The third kappa shape index (κ3) is 7.18. The van der Waals surface area contributed by atoms with E-state index in [1.165, 1.54) is 11.8 Å². The second-order valence-corrected chi connectivity index (χ2v) is 8.52. The van der Waals surface area contributed by atoms with Crippen LogP contribution in [0.4, 0.5) is 0 Å². The average Bonchev–Trinajstić information content (AvgIpc) is 2.84. The molecule has 0 heterocycles. The van der Waals surface area contributed by atoms with Crippen molar-refractivity contribution >= 4 is 34.0 Å². The molecule has 3 aromatic rings. The summed E-state index contributed by atoms with van der Waals surface area (Å²) in [6, 6.07) is 19.3. The van der Waals surface area contributed by atoms with Crippen LogP contribution >= 0.6 is 15.9 Å². The summed E-state index contributed by atoms with van der Waals surface area (Å²) in [7, 11) is 1.55. The molecule has 0 aliphatic rings. The fourth-order valence-electron chi connectivity index (χ4n) is 2.90. The van der Waals surface area contributed by atoms with Crippen LogP contribution in [0.25, 0.3) is 0 Å². The summed E-state index contributed by atoms with van der Waals surface area (Å²) < 4.78 is 16.9. The summed E-state index contributed by atoms with van der Waals surface area (Å²) in [5, 5.41) is 3.96. The van der Waals surface area contributed by atoms with Crippen molar-refractivity contribution in [1.29, 1.82) is 0 Å². The van der Waals surface area contributed by atoms with Gasteiger partial charge in [-0.25, -0.2) is 10.2 Å². The molecule has 3 aromatic carbocycles. The van der Waals surface area contributed by atoms with Crippen molar-refractivity contribution in [2.75, 3.05) is 13.7 Å². The maximum absolute atomic E-state index is 12.5. The summed E-state index contributed by atoms with van der Waals surface area (Å²) in [6.07, 6.45) is 1.40. The lowest BCUT2D eigenvalue weighted by Crippen LogP contribution is -2.24. The van der Waals surface area contributed by atoms with E-state index >= 15 is 0 Å². The Hall–Kier alpha value is -3.65. The van der Waals surface area contributed by atoms with Gasteiger partial charge in [-0.3, -0.25) is 4.79 Å². The Kier molecular flexibility index (Phi) is 8.81. The summed E-state index contributed by atoms with van der Waals surface area (Å²) >= 11 is 3.39. The Morgan fingerprint density at radius 2 is 1.68 bits per heavy atom. The van der Waals surface area contributed by atoms with Gasteiger partial charge < -0.3 is 14.2 Å². The first-order valence-electron chi connectivity index (χ1n) is 10.6. The van der Waals surface area contributed by atoms with Crippen molar-refractivity contribution in [3.8, 4) is 17.2 Å². The Morgan fingerprint density at radius 3 is 2.32 bits per heavy atom. The van der Waals surface area contributed by atoms with Crippen molar-refractivity contribution in [2.45, 2.75) is 19.8 Å². The first-order chi connectivity index (χ1) is 16.4. The molecule has 0 atom stereocenters. The number of carbonyl (C=O) groups is 2. The van der Waals surface area contributed by atoms with Gasteiger partial charge in [0.2, 0.25) is 0 Å². The highest BCUT2D eigenvalue weighted by atomic mass is 79.9. The highest BCUT2D eigenvalue weighted by Gasteiger charge is 2.12. The Bertz CT molecular complexity index is 1160. The van der Waals surface area contributed by atoms with Crippen LogP contribution in [-0.2, 0) is 4.79 Å². The molecule has 0 spiro atoms. The molecule has 0 saturated carbocycles. The number of ether oxygens (including phenoxy) is 3. The third-order valence-electron chi connectivity index (χ3n) is 4.81. The molecular formula is C26H25BrN2O5. The fourth-order valence-corrected chi connectivity index (χ4v) is 3.28. The monoisotopic (exact) mass is 524 g/mol. The minimum atomic E-state index is -0.527. The second kappa shape index (κ2) is 12.0. The van der Waals surface area contributed by atoms with E-state index in [-0.39, 0.29) is 6.61 Å². The van der Waals surface area contributed by atoms with E-state index in [0.29, 0.717) is 34.3 Å². The van der Waals surface area contributed by atoms with Gasteiger partial charge in [-0.2, -0.15) is 5.10 Å². The number of halogens is 1. The van der Waals surface area contributed by atoms with Crippen LogP contribution in [0.1, 0.15) is 41.3 Å². The number of rotatable bonds is 9. The predicted octanol–water partition coefficient (Wildman–Crippen LogP) is 5.33. The standard InChI is InChI=1S/C26H25BrN2O5/c1-17(2)18-4-11-23(12-5-18)33-16-25(30)29-28-15-20-14-21(27)8-13-24(20)34-26(31)19-6-9-22(32-3)10-7-19/h4-15,17H,16H2,1-3H3,(H,29,30). The minimum Gasteiger partial charge on any atom is -0.497 e. The third-order valence-corrected chi connectivity index (χ3v) is 5.30. The molecule has 0 aliphatic heterocycles. The van der Waals surface area contributed by atoms with Gasteiger partial charge in [-0.15, -0.1) is 0 Å². The summed E-state index contributed by atoms with van der Waals surface area (Å²) in [4.78, 5) is 24.6. The number of carbonyl (C=O) groups excluding carboxylic acids is 2. The number of benzene rings is 3. The highest BCUT2D eigenvalue weighted by molar-refractivity contribution is 9.10. The molecule has 0 fully saturated rings. The molecule has 0 aliphatic carbocycles. The molecule has 0 saturated heterocycles. The van der Waals surface area contributed by atoms with E-state index in [4.69, 9.17) is 14.2 Å². The Morgan fingerprint density at radius 1 is 1.00 bits per heavy atom. The maximum atomic E-state index is 12.5. The first kappa shape index (κ1) is 25.0. The van der Waals surface area contributed by atoms with Crippen LogP contribution in [0.15, 0.2) is 76.3 Å². The van der Waals surface area contributed by atoms with E-state index in [1.54, 1.807) is 49.6 Å². The fraction of sp³-hybridized carbons (Fsp3) is 0.192. The first-order valence-corrected chi connectivity index (χ1v) is 11.4. The lowest BCUT2D eigenvalue weighted by Gasteiger charge is -2.09. The van der Waals surface area contributed by atoms with Gasteiger partial charge in [-0.05, 0) is 66.1 Å². The number of hydrazone groups is 1. The van der Waals surface area contributed by atoms with Gasteiger partial charge >= 0.3 is 5.97 Å². The zero-order valence-corrected chi connectivity index (χ0v) is 20.7. The van der Waals surface area contributed by atoms with Gasteiger partial charge in [0.1, 0.15) is 17.2 Å². The van der Waals surface area contributed by atoms with Gasteiger partial charge in [0, 0.05) is 10.0 Å². The number of nitrogens with zero attached hydrogens (tertiary/aromatic N) is 1. The Balaban J connectivity index is 1.58. The van der Waals surface area contributed by atoms with Gasteiger partial charge in [0.25, 0.3) is 5.91 Å². The summed E-state index contributed by atoms with van der Waals surface area (Å²) in [5.74, 6) is 1.01. The lowest BCUT2D eigenvalue weighted by molar-refractivity contribution is -0.123. The molecule has 3 rings (SSSR count). The number of amides is 1. The molecule has 0 bridgehead atoms. The molecule has 34 heavy (non-hydrogen) atoms. The molecular weight excluding hydrogens is 500 g/mol. The van der Waals surface area contributed by atoms with Crippen molar-refractivity contribution in [1.82, 2.24) is 5.43 Å². The van der Waals surface area contributed by atoms with Crippen LogP contribution in [-0.4, -0.2) is 31.8 Å². The summed E-state index contributed by atoms with van der Waals surface area (Å²) in [5.41, 5.74) is 4.48. The van der Waals surface area contributed by atoms with Crippen LogP contribution < -0.4 is 19.6 Å². The van der Waals surface area contributed by atoms with Crippen molar-refractivity contribution in [2.24, 2.45) is 5.10 Å². The molecule has 0 aromatic heterocycles. The average molecular weight is 525 g/mol. The smallest absolute Gasteiger partial charge is 0.343 e. The van der Waals surface area contributed by atoms with E-state index < -0.39 is 11.9 Å². The maximum Gasteiger partial charge on any atom is 0.343 e. The largest absolute Gasteiger partial charge is 0.497 e. The number of hydrogen-bond donors (Lipinski definition) is 1. The van der Waals surface area contributed by atoms with E-state index in [0.717, 1.165) is 4.47 Å². The van der Waals surface area contributed by atoms with Crippen LogP contribution in [0.3, 0.4) is 0 Å². The number of methoxy groups -OCH3 is 1. The number of nitrogens with one attached hydrogen (secondary N) is 1. The zero-order valence-electron chi connectivity index (χ0n) is 19.1. The van der Waals surface area contributed by atoms with Gasteiger partial charge in [0.15, 0.2) is 6.61 Å². The van der Waals surface area contributed by atoms with Gasteiger partial charge in [-0.1, -0.05) is 41.9 Å². The molecule has 7 nitrogen and oxygen atoms in total. The van der Waals surface area contributed by atoms with E-state index in [9.17, 15) is 9.59 Å². The topological polar surface area (TPSA) is 86.2 Å². The van der Waals surface area contributed by atoms with Crippen molar-refractivity contribution < 1.29 is 23.8 Å². The molecule has 0 radical (unpaired) electrons. The minimum absolute atomic E-state index is 0.184. The molecule has 8 heteroatoms. The number of hydrogen-bond acceptors (Lipinski definition) is 6. The van der Waals surface area contributed by atoms with Crippen molar-refractivity contribution in [3.63, 3.8) is 0 Å². The van der Waals surface area contributed by atoms with E-state index in [1.807, 2.05) is 24.3 Å². The zero-order chi connectivity index (χ0) is 24.5. The number of esters is 1. The molecule has 1 N–H and O–H groups in total. The van der Waals surface area contributed by atoms with Crippen LogP contribution in [0.2, 0.25) is 0 Å². The normalized spacial score (nSPS) is 10.9. The molecule has 176 valence electrons. The quantitative estimate of drug-likeness (QED) is 0.177. The van der Waals surface area contributed by atoms with Gasteiger partial charge in [0.05, 0.1) is 18.9 Å². The molecule has 0 unspecified atom stereocenters. The molecule has 1 amide bonds. The highest BCUT2D eigenvalue weighted by Crippen LogP contribution is 2.23. The Labute approximate surface area is 206 Å². The van der Waals surface area contributed by atoms with Crippen molar-refractivity contribution in [3.05, 3.63) is 87.9 Å². The van der Waals surface area contributed by atoms with E-state index in [2.05, 4.69) is 40.3 Å². The predicted molar refractivity (Wildman–Crippen MR) is 134 cm³/mol. The second-order valence-electron chi connectivity index (χ2n) is 7.61. The van der Waals surface area contributed by atoms with Crippen LogP contribution in [0, 0.1) is 0 Å². The van der Waals surface area contributed by atoms with Crippen LogP contribution in [0.5, 0.6) is 17.2 Å².